The summed E-state index contributed by atoms with van der Waals surface area (Å²) in [4.78, 5) is 77.2. The number of imide groups is 2. The Bertz CT molecular complexity index is 1050. The van der Waals surface area contributed by atoms with E-state index in [0.717, 1.165) is 9.80 Å². The number of rotatable bonds is 7. The van der Waals surface area contributed by atoms with E-state index in [-0.39, 0.29) is 24.0 Å². The summed E-state index contributed by atoms with van der Waals surface area (Å²) >= 11 is 0. The third-order valence-electron chi connectivity index (χ3n) is 6.76. The fourth-order valence-electron chi connectivity index (χ4n) is 4.57. The van der Waals surface area contributed by atoms with Crippen molar-refractivity contribution in [2.75, 3.05) is 6.54 Å². The highest BCUT2D eigenvalue weighted by molar-refractivity contribution is 6.23. The molecule has 0 aliphatic carbocycles. The molecule has 1 fully saturated rings. The highest BCUT2D eigenvalue weighted by Crippen LogP contribution is 2.38. The van der Waals surface area contributed by atoms with Crippen molar-refractivity contribution in [3.05, 3.63) is 35.4 Å². The molecule has 176 valence electrons. The van der Waals surface area contributed by atoms with Crippen molar-refractivity contribution in [3.8, 4) is 0 Å². The zero-order chi connectivity index (χ0) is 24.9. The van der Waals surface area contributed by atoms with Crippen LogP contribution in [0, 0.1) is 11.3 Å². The van der Waals surface area contributed by atoms with Crippen LogP contribution in [0.1, 0.15) is 54.3 Å². The summed E-state index contributed by atoms with van der Waals surface area (Å²) in [6, 6.07) is 4.95. The SMILES string of the molecule is CC(C(=O)O)[C@@](N)(C(N)=O)C(C)(C)CN1C(=O)CC[C@H](N2C(=O)c3ccccc3C2=O)C1=O. The maximum absolute atomic E-state index is 13.3. The number of hydrogen-bond donors (Lipinski definition) is 3. The summed E-state index contributed by atoms with van der Waals surface area (Å²) in [6.45, 7) is 3.66. The van der Waals surface area contributed by atoms with E-state index in [4.69, 9.17) is 11.5 Å². The monoisotopic (exact) mass is 458 g/mol. The van der Waals surface area contributed by atoms with Gasteiger partial charge in [0.05, 0.1) is 17.0 Å². The smallest absolute Gasteiger partial charge is 0.308 e. The molecule has 2 aliphatic heterocycles. The minimum atomic E-state index is -2.11. The van der Waals surface area contributed by atoms with Crippen LogP contribution >= 0.6 is 0 Å². The zero-order valence-corrected chi connectivity index (χ0v) is 18.5. The lowest BCUT2D eigenvalue weighted by Gasteiger charge is -2.47. The summed E-state index contributed by atoms with van der Waals surface area (Å²) < 4.78 is 0. The number of carboxylic acids is 1. The number of nitrogens with two attached hydrogens (primary N) is 2. The number of piperidine rings is 1. The molecule has 1 saturated heterocycles. The fraction of sp³-hybridized carbons (Fsp3) is 0.455. The van der Waals surface area contributed by atoms with Crippen molar-refractivity contribution in [2.24, 2.45) is 22.8 Å². The summed E-state index contributed by atoms with van der Waals surface area (Å²) in [5.41, 5.74) is 8.45. The molecule has 3 atom stereocenters. The van der Waals surface area contributed by atoms with E-state index in [0.29, 0.717) is 0 Å². The molecule has 2 heterocycles. The number of aliphatic carboxylic acids is 1. The van der Waals surface area contributed by atoms with Gasteiger partial charge in [-0.1, -0.05) is 26.0 Å². The summed E-state index contributed by atoms with van der Waals surface area (Å²) in [7, 11) is 0. The van der Waals surface area contributed by atoms with Crippen LogP contribution in [0.4, 0.5) is 0 Å². The largest absolute Gasteiger partial charge is 0.481 e. The Kier molecular flexibility index (Phi) is 5.88. The lowest BCUT2D eigenvalue weighted by atomic mass is 9.65. The van der Waals surface area contributed by atoms with Crippen molar-refractivity contribution >= 4 is 35.5 Å². The van der Waals surface area contributed by atoms with Gasteiger partial charge in [0.2, 0.25) is 11.8 Å². The molecule has 5 amide bonds. The van der Waals surface area contributed by atoms with Crippen LogP contribution in [-0.2, 0) is 19.2 Å². The first-order chi connectivity index (χ1) is 15.3. The molecule has 0 radical (unpaired) electrons. The molecule has 0 saturated carbocycles. The molecule has 3 rings (SSSR count). The van der Waals surface area contributed by atoms with Crippen LogP contribution in [0.15, 0.2) is 24.3 Å². The van der Waals surface area contributed by atoms with Crippen LogP contribution in [0.25, 0.3) is 0 Å². The van der Waals surface area contributed by atoms with Gasteiger partial charge in [0.25, 0.3) is 17.7 Å². The van der Waals surface area contributed by atoms with Gasteiger partial charge in [0, 0.05) is 18.4 Å². The Hall–Kier alpha value is -3.60. The number of hydrogen-bond acceptors (Lipinski definition) is 7. The third kappa shape index (κ3) is 3.58. The minimum Gasteiger partial charge on any atom is -0.481 e. The van der Waals surface area contributed by atoms with Gasteiger partial charge in [0.15, 0.2) is 0 Å². The number of primary amides is 1. The number of carboxylic acid groups (broad SMARTS) is 1. The Balaban J connectivity index is 1.93. The van der Waals surface area contributed by atoms with E-state index in [1.165, 1.54) is 32.9 Å². The number of fused-ring (bicyclic) bond motifs is 1. The summed E-state index contributed by atoms with van der Waals surface area (Å²) in [5.74, 6) is -6.55. The number of carbonyl (C=O) groups excluding carboxylic acids is 5. The van der Waals surface area contributed by atoms with Gasteiger partial charge in [-0.05, 0) is 25.5 Å². The summed E-state index contributed by atoms with van der Waals surface area (Å²) in [5, 5.41) is 9.45. The Morgan fingerprint density at radius 1 is 1.12 bits per heavy atom. The van der Waals surface area contributed by atoms with Crippen molar-refractivity contribution in [1.82, 2.24) is 9.80 Å². The van der Waals surface area contributed by atoms with E-state index < -0.39 is 65.0 Å². The predicted octanol–water partition coefficient (Wildman–Crippen LogP) is -0.270. The van der Waals surface area contributed by atoms with Crippen molar-refractivity contribution < 1.29 is 33.9 Å². The molecule has 1 aromatic rings. The highest BCUT2D eigenvalue weighted by Gasteiger charge is 2.56. The predicted molar refractivity (Wildman–Crippen MR) is 113 cm³/mol. The Morgan fingerprint density at radius 2 is 1.64 bits per heavy atom. The van der Waals surface area contributed by atoms with E-state index in [9.17, 15) is 33.9 Å². The second kappa shape index (κ2) is 8.07. The van der Waals surface area contributed by atoms with Crippen molar-refractivity contribution in [1.29, 1.82) is 0 Å². The quantitative estimate of drug-likeness (QED) is 0.467. The Morgan fingerprint density at radius 3 is 2.09 bits per heavy atom. The molecular formula is C22H26N4O7. The van der Waals surface area contributed by atoms with Gasteiger partial charge in [0.1, 0.15) is 11.6 Å². The lowest BCUT2D eigenvalue weighted by molar-refractivity contribution is -0.158. The van der Waals surface area contributed by atoms with Crippen LogP contribution in [0.5, 0.6) is 0 Å². The second-order valence-electron chi connectivity index (χ2n) is 9.08. The topological polar surface area (TPSA) is 181 Å². The van der Waals surface area contributed by atoms with Crippen LogP contribution in [0.2, 0.25) is 0 Å². The molecule has 2 aliphatic rings. The number of nitrogens with zero attached hydrogens (tertiary/aromatic N) is 2. The standard InChI is InChI=1S/C22H26N4O7/c1-11(19(31)32)22(24,20(23)33)21(2,3)10-25-15(27)9-8-14(18(25)30)26-16(28)12-6-4-5-7-13(12)17(26)29/h4-7,11,14H,8-10,24H2,1-3H3,(H2,23,33)(H,31,32)/t11?,14-,22+/m0/s1. The van der Waals surface area contributed by atoms with Gasteiger partial charge in [-0.15, -0.1) is 0 Å². The number of likely N-dealkylation sites (tertiary alicyclic amines) is 1. The van der Waals surface area contributed by atoms with E-state index >= 15 is 0 Å². The normalized spacial score (nSPS) is 21.6. The molecule has 0 bridgehead atoms. The number of carbonyl (C=O) groups is 6. The van der Waals surface area contributed by atoms with Crippen LogP contribution in [-0.4, -0.2) is 68.5 Å². The zero-order valence-electron chi connectivity index (χ0n) is 18.5. The van der Waals surface area contributed by atoms with Gasteiger partial charge < -0.3 is 16.6 Å². The third-order valence-corrected chi connectivity index (χ3v) is 6.76. The summed E-state index contributed by atoms with van der Waals surface area (Å²) in [6.07, 6.45) is -0.183. The van der Waals surface area contributed by atoms with Gasteiger partial charge in [-0.2, -0.15) is 0 Å². The van der Waals surface area contributed by atoms with E-state index in [1.807, 2.05) is 0 Å². The first-order valence-electron chi connectivity index (χ1n) is 10.4. The highest BCUT2D eigenvalue weighted by atomic mass is 16.4. The second-order valence-corrected chi connectivity index (χ2v) is 9.08. The maximum Gasteiger partial charge on any atom is 0.308 e. The van der Waals surface area contributed by atoms with Crippen molar-refractivity contribution in [3.63, 3.8) is 0 Å². The molecule has 11 heteroatoms. The number of benzene rings is 1. The average Bonchev–Trinajstić information content (AvgIpc) is 3.00. The number of amides is 5. The molecule has 5 N–H and O–H groups in total. The average molecular weight is 458 g/mol. The first-order valence-corrected chi connectivity index (χ1v) is 10.4. The fourth-order valence-corrected chi connectivity index (χ4v) is 4.57. The molecule has 1 aromatic carbocycles. The molecule has 33 heavy (non-hydrogen) atoms. The van der Waals surface area contributed by atoms with Gasteiger partial charge in [-0.3, -0.25) is 38.6 Å². The maximum atomic E-state index is 13.3. The van der Waals surface area contributed by atoms with E-state index in [1.54, 1.807) is 12.1 Å². The molecule has 11 nitrogen and oxygen atoms in total. The minimum absolute atomic E-state index is 0.0464. The first kappa shape index (κ1) is 24.1. The molecular weight excluding hydrogens is 432 g/mol. The molecule has 0 spiro atoms. The molecule has 0 aromatic heterocycles. The van der Waals surface area contributed by atoms with E-state index in [2.05, 4.69) is 0 Å². The molecule has 1 unspecified atom stereocenters. The van der Waals surface area contributed by atoms with Gasteiger partial charge >= 0.3 is 5.97 Å². The van der Waals surface area contributed by atoms with Gasteiger partial charge in [-0.25, -0.2) is 0 Å². The van der Waals surface area contributed by atoms with Crippen LogP contribution in [0.3, 0.4) is 0 Å². The Labute approximate surface area is 189 Å². The van der Waals surface area contributed by atoms with Crippen molar-refractivity contribution in [2.45, 2.75) is 45.2 Å². The lowest BCUT2D eigenvalue weighted by Crippen LogP contribution is -2.70. The van der Waals surface area contributed by atoms with Crippen LogP contribution < -0.4 is 11.5 Å².